The molecule has 0 aliphatic rings. The van der Waals surface area contributed by atoms with Crippen LogP contribution in [0.15, 0.2) is 60.7 Å². The molecule has 0 aliphatic heterocycles. The van der Waals surface area contributed by atoms with Crippen molar-refractivity contribution in [3.8, 4) is 0 Å². The third kappa shape index (κ3) is 10.4. The Labute approximate surface area is 219 Å². The molecule has 0 saturated heterocycles. The normalized spacial score (nSPS) is 8.65. The number of Topliss-reactive ketones (excluding diaryl/α,β-unsaturated/α-hetero) is 2. The fourth-order valence-electron chi connectivity index (χ4n) is 2.31. The molecular formula is C25H31CuIO2S2. The Morgan fingerprint density at radius 2 is 0.935 bits per heavy atom. The van der Waals surface area contributed by atoms with Crippen LogP contribution in [-0.2, 0) is 17.1 Å². The van der Waals surface area contributed by atoms with Gasteiger partial charge < -0.3 is 0 Å². The van der Waals surface area contributed by atoms with Gasteiger partial charge in [0.2, 0.25) is 0 Å². The van der Waals surface area contributed by atoms with Crippen LogP contribution >= 0.6 is 45.3 Å². The van der Waals surface area contributed by atoms with Gasteiger partial charge in [0.1, 0.15) is 0 Å². The number of hydrogen-bond acceptors (Lipinski definition) is 4. The number of carbonyl (C=O) groups is 2. The van der Waals surface area contributed by atoms with Gasteiger partial charge in [-0.25, -0.2) is 0 Å². The molecule has 31 heavy (non-hydrogen) atoms. The molecule has 0 saturated carbocycles. The standard InChI is InChI=1S/2C10H8OS.2C2H6.CH3I.Cu/c2*1-7(11)10-6-8-4-2-3-5-9(8)12-10;3*1-2;/h2*2-6H,1H3;2*1-2H3;1H3;. The van der Waals surface area contributed by atoms with Gasteiger partial charge in [-0.3, -0.25) is 9.59 Å². The van der Waals surface area contributed by atoms with Crippen molar-refractivity contribution < 1.29 is 26.7 Å². The van der Waals surface area contributed by atoms with Gasteiger partial charge in [-0.15, -0.1) is 22.7 Å². The van der Waals surface area contributed by atoms with Crippen LogP contribution in [0.4, 0.5) is 0 Å². The van der Waals surface area contributed by atoms with Gasteiger partial charge in [0.05, 0.1) is 9.75 Å². The van der Waals surface area contributed by atoms with Crippen LogP contribution in [-0.4, -0.2) is 16.5 Å². The Hall–Kier alpha value is -1.05. The summed E-state index contributed by atoms with van der Waals surface area (Å²) in [7, 11) is 0. The van der Waals surface area contributed by atoms with Crippen molar-refractivity contribution in [1.82, 2.24) is 0 Å². The average molecular weight is 618 g/mol. The molecule has 0 atom stereocenters. The Bertz CT molecular complexity index is 888. The van der Waals surface area contributed by atoms with Crippen LogP contribution in [0.25, 0.3) is 20.2 Å². The van der Waals surface area contributed by atoms with E-state index in [1.807, 2.05) is 93.3 Å². The van der Waals surface area contributed by atoms with Crippen molar-refractivity contribution in [3.05, 3.63) is 70.4 Å². The molecule has 2 nitrogen and oxygen atoms in total. The van der Waals surface area contributed by atoms with Crippen molar-refractivity contribution in [2.45, 2.75) is 41.5 Å². The number of fused-ring (bicyclic) bond motifs is 2. The zero-order valence-electron chi connectivity index (χ0n) is 19.1. The van der Waals surface area contributed by atoms with E-state index in [2.05, 4.69) is 22.6 Å². The molecule has 0 spiro atoms. The van der Waals surface area contributed by atoms with Gasteiger partial charge in [0.25, 0.3) is 0 Å². The number of benzene rings is 2. The first-order chi connectivity index (χ1) is 14.5. The van der Waals surface area contributed by atoms with Crippen molar-refractivity contribution in [3.63, 3.8) is 0 Å². The third-order valence-corrected chi connectivity index (χ3v) is 5.98. The Kier molecular flexibility index (Phi) is 19.2. The average Bonchev–Trinajstić information content (AvgIpc) is 3.43. The van der Waals surface area contributed by atoms with E-state index < -0.39 is 0 Å². The van der Waals surface area contributed by atoms with Gasteiger partial charge >= 0.3 is 0 Å². The number of halogens is 1. The number of alkyl halides is 1. The van der Waals surface area contributed by atoms with Crippen LogP contribution in [0, 0.1) is 0 Å². The zero-order valence-corrected chi connectivity index (χ0v) is 23.8. The molecule has 1 radical (unpaired) electrons. The first-order valence-corrected chi connectivity index (χ1v) is 13.7. The fourth-order valence-corrected chi connectivity index (χ4v) is 4.23. The quantitative estimate of drug-likeness (QED) is 0.0972. The van der Waals surface area contributed by atoms with Gasteiger partial charge in [0, 0.05) is 26.5 Å². The molecule has 2 aromatic carbocycles. The van der Waals surface area contributed by atoms with Crippen molar-refractivity contribution >= 4 is 77.0 Å². The summed E-state index contributed by atoms with van der Waals surface area (Å²) >= 11 is 5.26. The summed E-state index contributed by atoms with van der Waals surface area (Å²) in [4.78, 5) is 25.7. The van der Waals surface area contributed by atoms with Gasteiger partial charge in [-0.2, -0.15) is 0 Å². The van der Waals surface area contributed by atoms with E-state index >= 15 is 0 Å². The predicted molar refractivity (Wildman–Crippen MR) is 146 cm³/mol. The van der Waals surface area contributed by atoms with Crippen LogP contribution in [0.5, 0.6) is 0 Å². The second-order valence-electron chi connectivity index (χ2n) is 5.41. The van der Waals surface area contributed by atoms with Crippen LogP contribution in [0.3, 0.4) is 0 Å². The van der Waals surface area contributed by atoms with Crippen LogP contribution < -0.4 is 0 Å². The van der Waals surface area contributed by atoms with E-state index in [4.69, 9.17) is 0 Å². The number of hydrogen-bond donors (Lipinski definition) is 0. The van der Waals surface area contributed by atoms with E-state index in [-0.39, 0.29) is 28.6 Å². The second-order valence-corrected chi connectivity index (χ2v) is 7.58. The molecule has 173 valence electrons. The minimum absolute atomic E-state index is 0. The van der Waals surface area contributed by atoms with Gasteiger partial charge in [0.15, 0.2) is 11.6 Å². The molecule has 0 bridgehead atoms. The van der Waals surface area contributed by atoms with Crippen molar-refractivity contribution in [2.75, 3.05) is 4.93 Å². The minimum Gasteiger partial charge on any atom is -0.294 e. The maximum atomic E-state index is 11.0. The summed E-state index contributed by atoms with van der Waals surface area (Å²) in [5, 5.41) is 2.32. The topological polar surface area (TPSA) is 34.1 Å². The van der Waals surface area contributed by atoms with Crippen molar-refractivity contribution in [2.24, 2.45) is 0 Å². The number of rotatable bonds is 2. The second kappa shape index (κ2) is 18.5. The zero-order chi connectivity index (χ0) is 23.1. The predicted octanol–water partition coefficient (Wildman–Crippen LogP) is 9.31. The first-order valence-electron chi connectivity index (χ1n) is 9.91. The molecular weight excluding hydrogens is 587 g/mol. The monoisotopic (exact) mass is 617 g/mol. The SMILES string of the molecule is CC.CC.CC(=O)c1cc2ccccc2s1.CC(=O)c1cc2ccccc2s1.CI.[Cu]. The summed E-state index contributed by atoms with van der Waals surface area (Å²) < 4.78 is 2.37. The molecule has 4 aromatic rings. The summed E-state index contributed by atoms with van der Waals surface area (Å²) in [6.45, 7) is 11.2. The molecule has 2 aromatic heterocycles. The smallest absolute Gasteiger partial charge is 0.169 e. The van der Waals surface area contributed by atoms with E-state index in [0.717, 1.165) is 20.5 Å². The van der Waals surface area contributed by atoms with Gasteiger partial charge in [-0.05, 0) is 53.8 Å². The summed E-state index contributed by atoms with van der Waals surface area (Å²) in [5.74, 6) is 0.299. The summed E-state index contributed by atoms with van der Waals surface area (Å²) in [6.07, 6.45) is 0. The number of thiophene rings is 2. The maximum absolute atomic E-state index is 11.0. The molecule has 0 unspecified atom stereocenters. The molecule has 2 heterocycles. The van der Waals surface area contributed by atoms with E-state index in [1.165, 1.54) is 9.40 Å². The number of carbonyl (C=O) groups excluding carboxylic acids is 2. The van der Waals surface area contributed by atoms with Gasteiger partial charge in [-0.1, -0.05) is 86.7 Å². The minimum atomic E-state index is 0. The molecule has 4 rings (SSSR count). The van der Waals surface area contributed by atoms with Crippen LogP contribution in [0.2, 0.25) is 0 Å². The van der Waals surface area contributed by atoms with E-state index in [1.54, 1.807) is 36.5 Å². The van der Waals surface area contributed by atoms with Crippen LogP contribution in [0.1, 0.15) is 60.9 Å². The molecule has 0 amide bonds. The molecule has 0 aliphatic carbocycles. The Balaban J connectivity index is 0. The van der Waals surface area contributed by atoms with Crippen molar-refractivity contribution in [1.29, 1.82) is 0 Å². The van der Waals surface area contributed by atoms with E-state index in [9.17, 15) is 9.59 Å². The number of ketones is 2. The molecule has 6 heteroatoms. The maximum Gasteiger partial charge on any atom is 0.169 e. The fraction of sp³-hybridized carbons (Fsp3) is 0.280. The molecule has 0 fully saturated rings. The Morgan fingerprint density at radius 1 is 0.645 bits per heavy atom. The molecule has 0 N–H and O–H groups in total. The Morgan fingerprint density at radius 3 is 1.19 bits per heavy atom. The first kappa shape index (κ1) is 32.1. The summed E-state index contributed by atoms with van der Waals surface area (Å²) in [5.41, 5.74) is 0. The van der Waals surface area contributed by atoms with E-state index in [0.29, 0.717) is 0 Å². The third-order valence-electron chi connectivity index (χ3n) is 3.55. The summed E-state index contributed by atoms with van der Waals surface area (Å²) in [6, 6.07) is 20.0. The largest absolute Gasteiger partial charge is 0.294 e.